The number of imidazole rings is 1. The van der Waals surface area contributed by atoms with Crippen molar-refractivity contribution in [2.75, 3.05) is 36.7 Å². The van der Waals surface area contributed by atoms with E-state index in [1.165, 1.54) is 0 Å². The van der Waals surface area contributed by atoms with E-state index in [0.717, 1.165) is 24.3 Å². The lowest BCUT2D eigenvalue weighted by Gasteiger charge is -2.20. The summed E-state index contributed by atoms with van der Waals surface area (Å²) in [6.07, 6.45) is 2.11. The van der Waals surface area contributed by atoms with E-state index >= 15 is 0 Å². The highest BCUT2D eigenvalue weighted by Crippen LogP contribution is 2.25. The molecule has 0 aliphatic rings. The van der Waals surface area contributed by atoms with Crippen LogP contribution in [0.15, 0.2) is 54.7 Å². The van der Waals surface area contributed by atoms with E-state index in [-0.39, 0.29) is 30.1 Å². The first-order chi connectivity index (χ1) is 19.3. The summed E-state index contributed by atoms with van der Waals surface area (Å²) in [5, 5.41) is 13.0. The molecule has 4 aromatic rings. The van der Waals surface area contributed by atoms with Crippen molar-refractivity contribution in [2.45, 2.75) is 13.0 Å². The zero-order valence-corrected chi connectivity index (χ0v) is 24.9. The van der Waals surface area contributed by atoms with Crippen LogP contribution in [0.5, 0.6) is 0 Å². The minimum absolute atomic E-state index is 0. The van der Waals surface area contributed by atoms with Crippen LogP contribution in [0.4, 0.5) is 5.69 Å². The first kappa shape index (κ1) is 32.0. The number of amides is 2. The zero-order chi connectivity index (χ0) is 28.6. The van der Waals surface area contributed by atoms with E-state index in [2.05, 4.69) is 25.5 Å². The Kier molecular flexibility index (Phi) is 11.6. The van der Waals surface area contributed by atoms with Crippen molar-refractivity contribution in [3.8, 4) is 11.5 Å². The number of hydrogen-bond donors (Lipinski definition) is 5. The molecule has 41 heavy (non-hydrogen) atoms. The molecular weight excluding hydrogens is 587 g/mol. The molecule has 10 nitrogen and oxygen atoms in total. The van der Waals surface area contributed by atoms with Crippen LogP contribution in [-0.4, -0.2) is 68.5 Å². The molecule has 0 fully saturated rings. The lowest BCUT2D eigenvalue weighted by Crippen LogP contribution is -2.27. The van der Waals surface area contributed by atoms with Gasteiger partial charge in [-0.25, -0.2) is 4.98 Å². The minimum Gasteiger partial charge on any atom is -0.388 e. The molecule has 6 N–H and O–H groups in total. The number of aromatic amines is 1. The van der Waals surface area contributed by atoms with Crippen LogP contribution in [0, 0.1) is 5.41 Å². The first-order valence-electron chi connectivity index (χ1n) is 12.8. The molecule has 0 spiro atoms. The lowest BCUT2D eigenvalue weighted by atomic mass is 10.1. The number of carbonyl (C=O) groups is 2. The molecule has 0 aliphatic heterocycles. The van der Waals surface area contributed by atoms with E-state index in [1.54, 1.807) is 30.3 Å². The number of nitrogens with one attached hydrogen (secondary N) is 4. The van der Waals surface area contributed by atoms with Crippen LogP contribution in [0.1, 0.15) is 32.7 Å². The third-order valence-electron chi connectivity index (χ3n) is 6.35. The number of hydrogen-bond acceptors (Lipinski definition) is 5. The Bertz CT molecular complexity index is 1490. The van der Waals surface area contributed by atoms with Crippen molar-refractivity contribution < 1.29 is 9.59 Å². The number of amidine groups is 1. The van der Waals surface area contributed by atoms with Crippen LogP contribution in [0.2, 0.25) is 0 Å². The second-order valence-corrected chi connectivity index (χ2v) is 10.1. The molecule has 0 unspecified atom stereocenters. The number of carbonyl (C=O) groups excluding carboxylic acids is 2. The number of alkyl halides is 2. The molecular formula is C28H33Cl3N8O2. The number of anilines is 1. The number of rotatable bonds is 13. The van der Waals surface area contributed by atoms with Gasteiger partial charge in [0.05, 0.1) is 28.3 Å². The molecule has 218 valence electrons. The molecule has 2 amide bonds. The second kappa shape index (κ2) is 14.9. The Hall–Kier alpha value is -3.57. The molecule has 0 aliphatic carbocycles. The van der Waals surface area contributed by atoms with Crippen LogP contribution < -0.4 is 16.4 Å². The highest BCUT2D eigenvalue weighted by Gasteiger charge is 2.15. The molecule has 2 aromatic heterocycles. The van der Waals surface area contributed by atoms with E-state index in [1.807, 2.05) is 36.0 Å². The lowest BCUT2D eigenvalue weighted by molar-refractivity contribution is 0.0954. The maximum Gasteiger partial charge on any atom is 0.255 e. The summed E-state index contributed by atoms with van der Waals surface area (Å²) in [6, 6.07) is 14.5. The predicted molar refractivity (Wildman–Crippen MR) is 168 cm³/mol. The molecule has 0 saturated heterocycles. The van der Waals surface area contributed by atoms with Gasteiger partial charge in [-0.2, -0.15) is 0 Å². The summed E-state index contributed by atoms with van der Waals surface area (Å²) in [4.78, 5) is 35.4. The van der Waals surface area contributed by atoms with Crippen LogP contribution in [-0.2, 0) is 13.6 Å². The highest BCUT2D eigenvalue weighted by atomic mass is 35.5. The van der Waals surface area contributed by atoms with Gasteiger partial charge in [-0.3, -0.25) is 19.9 Å². The summed E-state index contributed by atoms with van der Waals surface area (Å²) >= 11 is 11.8. The third-order valence-corrected chi connectivity index (χ3v) is 6.69. The molecule has 13 heteroatoms. The van der Waals surface area contributed by atoms with Gasteiger partial charge in [0, 0.05) is 68.7 Å². The molecule has 0 atom stereocenters. The van der Waals surface area contributed by atoms with Gasteiger partial charge in [0.15, 0.2) is 5.82 Å². The summed E-state index contributed by atoms with van der Waals surface area (Å²) in [5.74, 6) is 1.23. The second-order valence-electron chi connectivity index (χ2n) is 9.38. The SMILES string of the molecule is Cl.Cn1cc(NC(=O)c2ccc(CN(CCCl)CCCl)cc2)cc1-c1nc2ccc(C(=O)NCCC(=N)N)cc2[nH]1. The van der Waals surface area contributed by atoms with E-state index in [4.69, 9.17) is 34.3 Å². The highest BCUT2D eigenvalue weighted by molar-refractivity contribution is 6.18. The largest absolute Gasteiger partial charge is 0.388 e. The number of aromatic nitrogens is 3. The van der Waals surface area contributed by atoms with Gasteiger partial charge in [0.1, 0.15) is 0 Å². The summed E-state index contributed by atoms with van der Waals surface area (Å²) in [6.45, 7) is 2.50. The van der Waals surface area contributed by atoms with Crippen molar-refractivity contribution in [1.82, 2.24) is 24.8 Å². The normalized spacial score (nSPS) is 10.9. The summed E-state index contributed by atoms with van der Waals surface area (Å²) in [5.41, 5.74) is 10.3. The maximum atomic E-state index is 12.9. The zero-order valence-electron chi connectivity index (χ0n) is 22.5. The number of fused-ring (bicyclic) bond motifs is 1. The van der Waals surface area contributed by atoms with Gasteiger partial charge in [-0.15, -0.1) is 35.6 Å². The third kappa shape index (κ3) is 8.46. The van der Waals surface area contributed by atoms with E-state index in [9.17, 15) is 9.59 Å². The molecule has 0 bridgehead atoms. The number of nitrogens with two attached hydrogens (primary N) is 1. The Balaban J connectivity index is 0.00000462. The fraction of sp³-hybridized carbons (Fsp3) is 0.286. The van der Waals surface area contributed by atoms with Crippen LogP contribution in [0.3, 0.4) is 0 Å². The molecule has 0 saturated carbocycles. The van der Waals surface area contributed by atoms with Gasteiger partial charge in [0.2, 0.25) is 0 Å². The summed E-state index contributed by atoms with van der Waals surface area (Å²) < 4.78 is 1.87. The smallest absolute Gasteiger partial charge is 0.255 e. The number of benzene rings is 2. The monoisotopic (exact) mass is 618 g/mol. The quantitative estimate of drug-likeness (QED) is 0.0845. The minimum atomic E-state index is -0.251. The van der Waals surface area contributed by atoms with Gasteiger partial charge in [-0.1, -0.05) is 12.1 Å². The standard InChI is InChI=1S/C28H32Cl2N8O2.ClH/c1-37-17-21(34-28(40)19-4-2-18(3-5-19)16-38(12-9-29)13-10-30)15-24(37)26-35-22-7-6-20(14-23(22)36-26)27(39)33-11-8-25(31)32;/h2-7,14-15,17H,8-13,16H2,1H3,(H3,31,32)(H,33,39)(H,34,40)(H,35,36);1H. The van der Waals surface area contributed by atoms with Crippen molar-refractivity contribution in [3.05, 3.63) is 71.4 Å². The Morgan fingerprint density at radius 3 is 2.39 bits per heavy atom. The first-order valence-corrected chi connectivity index (χ1v) is 13.9. The molecule has 0 radical (unpaired) electrons. The maximum absolute atomic E-state index is 12.9. The van der Waals surface area contributed by atoms with E-state index < -0.39 is 0 Å². The average Bonchev–Trinajstić information content (AvgIpc) is 3.51. The van der Waals surface area contributed by atoms with Gasteiger partial charge in [0.25, 0.3) is 11.8 Å². The van der Waals surface area contributed by atoms with Crippen molar-refractivity contribution in [3.63, 3.8) is 0 Å². The van der Waals surface area contributed by atoms with Crippen LogP contribution in [0.25, 0.3) is 22.6 Å². The fourth-order valence-electron chi connectivity index (χ4n) is 4.29. The van der Waals surface area contributed by atoms with Crippen molar-refractivity contribution >= 4 is 70.0 Å². The Labute approximate surface area is 254 Å². The molecule has 2 aromatic carbocycles. The van der Waals surface area contributed by atoms with Gasteiger partial charge in [-0.05, 0) is 42.0 Å². The predicted octanol–water partition coefficient (Wildman–Crippen LogP) is 4.58. The number of H-pyrrole nitrogens is 1. The summed E-state index contributed by atoms with van der Waals surface area (Å²) in [7, 11) is 1.87. The van der Waals surface area contributed by atoms with Gasteiger partial charge >= 0.3 is 0 Å². The molecule has 2 heterocycles. The van der Waals surface area contributed by atoms with Crippen molar-refractivity contribution in [2.24, 2.45) is 12.8 Å². The van der Waals surface area contributed by atoms with Crippen molar-refractivity contribution in [1.29, 1.82) is 5.41 Å². The van der Waals surface area contributed by atoms with E-state index in [0.29, 0.717) is 64.9 Å². The number of halogens is 3. The molecule has 4 rings (SSSR count). The number of aryl methyl sites for hydroxylation is 1. The van der Waals surface area contributed by atoms with Crippen LogP contribution >= 0.6 is 35.6 Å². The average molecular weight is 620 g/mol. The Morgan fingerprint density at radius 2 is 1.73 bits per heavy atom. The van der Waals surface area contributed by atoms with Gasteiger partial charge < -0.3 is 25.9 Å². The topological polar surface area (TPSA) is 145 Å². The number of nitrogens with zero attached hydrogens (tertiary/aromatic N) is 3. The fourth-order valence-corrected chi connectivity index (χ4v) is 4.76. The Morgan fingerprint density at radius 1 is 1.05 bits per heavy atom.